The van der Waals surface area contributed by atoms with Gasteiger partial charge in [-0.15, -0.1) is 0 Å². The number of aromatic nitrogens is 1. The van der Waals surface area contributed by atoms with Gasteiger partial charge in [-0.05, 0) is 80.1 Å². The van der Waals surface area contributed by atoms with Crippen molar-refractivity contribution >= 4 is 40.7 Å². The molecule has 8 heteroatoms. The normalized spacial score (nSPS) is 14.1. The Bertz CT molecular complexity index is 1470. The molecular weight excluding hydrogens is 521 g/mol. The number of hydrogen-bond donors (Lipinski definition) is 0. The summed E-state index contributed by atoms with van der Waals surface area (Å²) < 4.78 is 7.78. The van der Waals surface area contributed by atoms with Crippen LogP contribution in [0.1, 0.15) is 31.1 Å². The summed E-state index contributed by atoms with van der Waals surface area (Å²) in [4.78, 5) is 30.7. The summed E-state index contributed by atoms with van der Waals surface area (Å²) in [5, 5.41) is 1.17. The number of anilines is 1. The van der Waals surface area contributed by atoms with Crippen molar-refractivity contribution in [3.63, 3.8) is 0 Å². The molecule has 0 radical (unpaired) electrons. The van der Waals surface area contributed by atoms with E-state index in [1.807, 2.05) is 80.7 Å². The third kappa shape index (κ3) is 5.15. The summed E-state index contributed by atoms with van der Waals surface area (Å²) in [5.74, 6) is 0.0456. The molecule has 38 heavy (non-hydrogen) atoms. The van der Waals surface area contributed by atoms with Crippen LogP contribution in [0.4, 0.5) is 5.69 Å². The highest BCUT2D eigenvalue weighted by molar-refractivity contribution is 6.30. The smallest absolute Gasteiger partial charge is 0.261 e. The van der Waals surface area contributed by atoms with Crippen molar-refractivity contribution in [1.29, 1.82) is 0 Å². The van der Waals surface area contributed by atoms with Gasteiger partial charge >= 0.3 is 0 Å². The van der Waals surface area contributed by atoms with Crippen molar-refractivity contribution in [2.75, 3.05) is 18.1 Å². The molecule has 0 spiro atoms. The average Bonchev–Trinajstić information content (AvgIpc) is 3.40. The molecule has 0 saturated carbocycles. The van der Waals surface area contributed by atoms with E-state index < -0.39 is 6.04 Å². The van der Waals surface area contributed by atoms with Crippen molar-refractivity contribution in [2.24, 2.45) is 0 Å². The number of benzene rings is 3. The standard InChI is InChI=1S/C30H27Cl2N3O3/c1-20(2)34(29(37)19-38-24-14-12-22(31)13-15-24)18-28(36)35-26-10-4-3-9-25(26)33-16-6-11-27(33)30(35)21-7-5-8-23(32)17-21/h3-17,20,30H,18-19H2,1-2H3. The predicted octanol–water partition coefficient (Wildman–Crippen LogP) is 6.54. The van der Waals surface area contributed by atoms with E-state index in [0.717, 1.165) is 22.6 Å². The maximum atomic E-state index is 14.1. The van der Waals surface area contributed by atoms with Crippen molar-refractivity contribution in [2.45, 2.75) is 25.9 Å². The minimum Gasteiger partial charge on any atom is -0.484 e. The van der Waals surface area contributed by atoms with E-state index in [1.165, 1.54) is 0 Å². The van der Waals surface area contributed by atoms with Gasteiger partial charge in [0.25, 0.3) is 5.91 Å². The van der Waals surface area contributed by atoms with Gasteiger partial charge in [-0.3, -0.25) is 14.5 Å². The molecule has 6 nitrogen and oxygen atoms in total. The van der Waals surface area contributed by atoms with Crippen LogP contribution in [-0.2, 0) is 9.59 Å². The van der Waals surface area contributed by atoms with Crippen LogP contribution in [-0.4, -0.2) is 40.5 Å². The van der Waals surface area contributed by atoms with Crippen LogP contribution in [0.25, 0.3) is 5.69 Å². The second-order valence-electron chi connectivity index (χ2n) is 9.37. The molecule has 3 aromatic carbocycles. The molecule has 0 fully saturated rings. The molecule has 5 rings (SSSR count). The predicted molar refractivity (Wildman–Crippen MR) is 150 cm³/mol. The van der Waals surface area contributed by atoms with E-state index in [9.17, 15) is 9.59 Å². The Hall–Kier alpha value is -3.74. The minimum atomic E-state index is -0.416. The summed E-state index contributed by atoms with van der Waals surface area (Å²) in [5.41, 5.74) is 3.48. The quantitative estimate of drug-likeness (QED) is 0.264. The first kappa shape index (κ1) is 25.9. The lowest BCUT2D eigenvalue weighted by atomic mass is 9.97. The Balaban J connectivity index is 1.46. The zero-order valence-corrected chi connectivity index (χ0v) is 22.6. The van der Waals surface area contributed by atoms with Crippen LogP contribution in [0.2, 0.25) is 10.0 Å². The Morgan fingerprint density at radius 1 is 0.895 bits per heavy atom. The van der Waals surface area contributed by atoms with E-state index in [1.54, 1.807) is 34.1 Å². The lowest BCUT2D eigenvalue weighted by Crippen LogP contribution is -2.49. The van der Waals surface area contributed by atoms with E-state index in [0.29, 0.717) is 15.8 Å². The SMILES string of the molecule is CC(C)N(CC(=O)N1c2ccccc2-n2cccc2C1c1cccc(Cl)c1)C(=O)COc1ccc(Cl)cc1. The van der Waals surface area contributed by atoms with Crippen LogP contribution in [0.15, 0.2) is 91.1 Å². The fourth-order valence-electron chi connectivity index (χ4n) is 4.79. The number of carbonyl (C=O) groups excluding carboxylic acids is 2. The van der Waals surface area contributed by atoms with Crippen LogP contribution >= 0.6 is 23.2 Å². The molecular formula is C30H27Cl2N3O3. The van der Waals surface area contributed by atoms with Gasteiger partial charge in [0.15, 0.2) is 6.61 Å². The summed E-state index contributed by atoms with van der Waals surface area (Å²) in [6.45, 7) is 3.48. The number of rotatable bonds is 7. The van der Waals surface area contributed by atoms with Gasteiger partial charge in [-0.2, -0.15) is 0 Å². The van der Waals surface area contributed by atoms with Gasteiger partial charge in [-0.25, -0.2) is 0 Å². The number of halogens is 2. The molecule has 4 aromatic rings. The van der Waals surface area contributed by atoms with Crippen LogP contribution in [0.3, 0.4) is 0 Å². The zero-order valence-electron chi connectivity index (χ0n) is 21.1. The molecule has 1 aliphatic rings. The maximum absolute atomic E-state index is 14.1. The summed E-state index contributed by atoms with van der Waals surface area (Å²) in [6, 6.07) is 25.5. The van der Waals surface area contributed by atoms with Gasteiger partial charge in [-0.1, -0.05) is 47.5 Å². The van der Waals surface area contributed by atoms with Crippen LogP contribution < -0.4 is 9.64 Å². The molecule has 1 aromatic heterocycles. The summed E-state index contributed by atoms with van der Waals surface area (Å²) in [6.07, 6.45) is 1.99. The molecule has 0 bridgehead atoms. The number of ether oxygens (including phenoxy) is 1. The molecule has 2 amide bonds. The molecule has 0 saturated heterocycles. The van der Waals surface area contributed by atoms with Crippen molar-refractivity contribution in [1.82, 2.24) is 9.47 Å². The van der Waals surface area contributed by atoms with E-state index in [2.05, 4.69) is 4.57 Å². The molecule has 1 atom stereocenters. The fourth-order valence-corrected chi connectivity index (χ4v) is 5.12. The Morgan fingerprint density at radius 3 is 2.34 bits per heavy atom. The van der Waals surface area contributed by atoms with Gasteiger partial charge in [0, 0.05) is 22.3 Å². The minimum absolute atomic E-state index is 0.105. The fraction of sp³-hybridized carbons (Fsp3) is 0.200. The van der Waals surface area contributed by atoms with Crippen molar-refractivity contribution in [3.8, 4) is 11.4 Å². The Kier molecular flexibility index (Phi) is 7.45. The Morgan fingerprint density at radius 2 is 1.63 bits per heavy atom. The monoisotopic (exact) mass is 547 g/mol. The number of hydrogen-bond acceptors (Lipinski definition) is 3. The summed E-state index contributed by atoms with van der Waals surface area (Å²) in [7, 11) is 0. The number of carbonyl (C=O) groups is 2. The van der Waals surface area contributed by atoms with E-state index in [-0.39, 0.29) is 31.0 Å². The molecule has 0 N–H and O–H groups in total. The Labute approximate surface area is 231 Å². The van der Waals surface area contributed by atoms with Gasteiger partial charge in [0.1, 0.15) is 18.3 Å². The van der Waals surface area contributed by atoms with Crippen LogP contribution in [0, 0.1) is 0 Å². The highest BCUT2D eigenvalue weighted by Gasteiger charge is 2.37. The van der Waals surface area contributed by atoms with Crippen molar-refractivity contribution < 1.29 is 14.3 Å². The third-order valence-corrected chi connectivity index (χ3v) is 7.06. The van der Waals surface area contributed by atoms with Crippen molar-refractivity contribution in [3.05, 3.63) is 112 Å². The molecule has 1 unspecified atom stereocenters. The maximum Gasteiger partial charge on any atom is 0.261 e. The topological polar surface area (TPSA) is 54.8 Å². The van der Waals surface area contributed by atoms with E-state index >= 15 is 0 Å². The van der Waals surface area contributed by atoms with Crippen LogP contribution in [0.5, 0.6) is 5.75 Å². The lowest BCUT2D eigenvalue weighted by Gasteiger charge is -2.40. The lowest BCUT2D eigenvalue weighted by molar-refractivity contribution is -0.138. The van der Waals surface area contributed by atoms with Gasteiger partial charge < -0.3 is 14.2 Å². The first-order valence-electron chi connectivity index (χ1n) is 12.4. The average molecular weight is 548 g/mol. The van der Waals surface area contributed by atoms with Gasteiger partial charge in [0.05, 0.1) is 17.1 Å². The number of amides is 2. The highest BCUT2D eigenvalue weighted by atomic mass is 35.5. The molecule has 1 aliphatic heterocycles. The molecule has 194 valence electrons. The highest BCUT2D eigenvalue weighted by Crippen LogP contribution is 2.42. The van der Waals surface area contributed by atoms with E-state index in [4.69, 9.17) is 27.9 Å². The molecule has 2 heterocycles. The number of para-hydroxylation sites is 2. The first-order chi connectivity index (χ1) is 18.3. The third-order valence-electron chi connectivity index (χ3n) is 6.58. The zero-order chi connectivity index (χ0) is 26.8. The first-order valence-corrected chi connectivity index (χ1v) is 13.1. The van der Waals surface area contributed by atoms with Gasteiger partial charge in [0.2, 0.25) is 5.91 Å². The molecule has 0 aliphatic carbocycles. The number of fused-ring (bicyclic) bond motifs is 3. The largest absolute Gasteiger partial charge is 0.484 e. The second kappa shape index (κ2) is 10.9. The number of nitrogens with zero attached hydrogens (tertiary/aromatic N) is 3. The second-order valence-corrected chi connectivity index (χ2v) is 10.2. The summed E-state index contributed by atoms with van der Waals surface area (Å²) >= 11 is 12.3.